The van der Waals surface area contributed by atoms with Gasteiger partial charge in [-0.2, -0.15) is 0 Å². The number of benzene rings is 1. The van der Waals surface area contributed by atoms with Gasteiger partial charge in [0.05, 0.1) is 0 Å². The van der Waals surface area contributed by atoms with Gasteiger partial charge in [0.2, 0.25) is 11.8 Å². The second kappa shape index (κ2) is 6.28. The predicted molar refractivity (Wildman–Crippen MR) is 86.4 cm³/mol. The summed E-state index contributed by atoms with van der Waals surface area (Å²) in [6.45, 7) is 5.07. The van der Waals surface area contributed by atoms with Crippen molar-refractivity contribution in [2.45, 2.75) is 13.3 Å². The molecule has 122 valence electrons. The van der Waals surface area contributed by atoms with Crippen LogP contribution in [0.25, 0.3) is 0 Å². The number of carbonyl (C=O) groups is 3. The van der Waals surface area contributed by atoms with Gasteiger partial charge in [-0.1, -0.05) is 0 Å². The van der Waals surface area contributed by atoms with Gasteiger partial charge in [-0.15, -0.1) is 0 Å². The molecule has 0 aromatic heterocycles. The Balaban J connectivity index is 1.65. The van der Waals surface area contributed by atoms with Crippen LogP contribution in [0.4, 0.5) is 16.2 Å². The highest BCUT2D eigenvalue weighted by Gasteiger charge is 2.24. The van der Waals surface area contributed by atoms with E-state index in [0.717, 1.165) is 37.6 Å². The first-order chi connectivity index (χ1) is 11.0. The maximum Gasteiger partial charge on any atom is 0.328 e. The van der Waals surface area contributed by atoms with Gasteiger partial charge >= 0.3 is 6.03 Å². The fraction of sp³-hybridized carbons (Fsp3) is 0.438. The first kappa shape index (κ1) is 15.3. The van der Waals surface area contributed by atoms with E-state index >= 15 is 0 Å². The normalized spacial score (nSPS) is 18.9. The van der Waals surface area contributed by atoms with Gasteiger partial charge < -0.3 is 9.80 Å². The van der Waals surface area contributed by atoms with Crippen molar-refractivity contribution in [1.82, 2.24) is 10.2 Å². The zero-order chi connectivity index (χ0) is 16.4. The minimum atomic E-state index is -0.371. The van der Waals surface area contributed by atoms with Crippen molar-refractivity contribution in [3.05, 3.63) is 24.3 Å². The molecule has 0 saturated carbocycles. The number of carbonyl (C=O) groups excluding carboxylic acids is 3. The summed E-state index contributed by atoms with van der Waals surface area (Å²) in [6, 6.07) is 7.36. The van der Waals surface area contributed by atoms with Crippen molar-refractivity contribution >= 4 is 29.2 Å². The van der Waals surface area contributed by atoms with Gasteiger partial charge in [-0.3, -0.25) is 19.8 Å². The number of hydrogen-bond acceptors (Lipinski definition) is 4. The Morgan fingerprint density at radius 2 is 1.57 bits per heavy atom. The first-order valence-electron chi connectivity index (χ1n) is 7.76. The zero-order valence-corrected chi connectivity index (χ0v) is 13.1. The third-order valence-corrected chi connectivity index (χ3v) is 4.31. The number of urea groups is 1. The molecule has 0 aliphatic carbocycles. The van der Waals surface area contributed by atoms with Crippen LogP contribution in [0.3, 0.4) is 0 Å². The van der Waals surface area contributed by atoms with Crippen molar-refractivity contribution in [1.29, 1.82) is 0 Å². The molecule has 7 nitrogen and oxygen atoms in total. The average molecular weight is 316 g/mol. The van der Waals surface area contributed by atoms with Crippen molar-refractivity contribution in [2.24, 2.45) is 0 Å². The number of imide groups is 1. The molecule has 1 N–H and O–H groups in total. The van der Waals surface area contributed by atoms with Crippen LogP contribution in [0.1, 0.15) is 13.3 Å². The molecule has 2 aliphatic rings. The van der Waals surface area contributed by atoms with E-state index < -0.39 is 0 Å². The highest BCUT2D eigenvalue weighted by Crippen LogP contribution is 2.23. The number of piperazine rings is 1. The average Bonchev–Trinajstić information content (AvgIpc) is 2.55. The lowest BCUT2D eigenvalue weighted by atomic mass is 10.2. The van der Waals surface area contributed by atoms with E-state index in [1.807, 2.05) is 29.2 Å². The van der Waals surface area contributed by atoms with Crippen molar-refractivity contribution in [3.8, 4) is 0 Å². The van der Waals surface area contributed by atoms with Crippen LogP contribution < -0.4 is 15.1 Å². The summed E-state index contributed by atoms with van der Waals surface area (Å²) >= 11 is 0. The number of hydrogen-bond donors (Lipinski definition) is 1. The molecule has 2 fully saturated rings. The first-order valence-corrected chi connectivity index (χ1v) is 7.76. The van der Waals surface area contributed by atoms with Crippen LogP contribution in [-0.2, 0) is 9.59 Å². The molecule has 0 spiro atoms. The Morgan fingerprint density at radius 1 is 0.957 bits per heavy atom. The van der Waals surface area contributed by atoms with Crippen molar-refractivity contribution in [2.75, 3.05) is 42.5 Å². The Bertz CT molecular complexity index is 621. The predicted octanol–water partition coefficient (Wildman–Crippen LogP) is 0.801. The summed E-state index contributed by atoms with van der Waals surface area (Å²) in [7, 11) is 0. The van der Waals surface area contributed by atoms with Gasteiger partial charge in [-0.05, 0) is 24.3 Å². The number of rotatable bonds is 2. The lowest BCUT2D eigenvalue weighted by molar-refractivity contribution is -0.129. The van der Waals surface area contributed by atoms with Crippen LogP contribution in [0.2, 0.25) is 0 Å². The van der Waals surface area contributed by atoms with E-state index in [2.05, 4.69) is 10.2 Å². The van der Waals surface area contributed by atoms with Gasteiger partial charge in [0.25, 0.3) is 0 Å². The molecule has 4 amide bonds. The molecule has 2 saturated heterocycles. The maximum atomic E-state index is 11.8. The summed E-state index contributed by atoms with van der Waals surface area (Å²) < 4.78 is 0. The smallest absolute Gasteiger partial charge is 0.328 e. The largest absolute Gasteiger partial charge is 0.368 e. The van der Waals surface area contributed by atoms with Crippen LogP contribution >= 0.6 is 0 Å². The van der Waals surface area contributed by atoms with Crippen LogP contribution in [0.15, 0.2) is 24.3 Å². The number of nitrogens with zero attached hydrogens (tertiary/aromatic N) is 3. The molecular formula is C16H20N4O3. The lowest BCUT2D eigenvalue weighted by Gasteiger charge is -2.36. The van der Waals surface area contributed by atoms with E-state index in [1.165, 1.54) is 0 Å². The lowest BCUT2D eigenvalue weighted by Crippen LogP contribution is -2.49. The van der Waals surface area contributed by atoms with E-state index in [-0.39, 0.29) is 17.8 Å². The van der Waals surface area contributed by atoms with Gasteiger partial charge in [0.1, 0.15) is 0 Å². The third-order valence-electron chi connectivity index (χ3n) is 4.31. The minimum Gasteiger partial charge on any atom is -0.368 e. The van der Waals surface area contributed by atoms with Gasteiger partial charge in [0, 0.05) is 57.4 Å². The highest BCUT2D eigenvalue weighted by molar-refractivity contribution is 6.05. The quantitative estimate of drug-likeness (QED) is 0.876. The maximum absolute atomic E-state index is 11.8. The molecular weight excluding hydrogens is 296 g/mol. The number of anilines is 2. The van der Waals surface area contributed by atoms with E-state index in [0.29, 0.717) is 13.0 Å². The summed E-state index contributed by atoms with van der Waals surface area (Å²) in [5.74, 6) is -0.114. The molecule has 2 aliphatic heterocycles. The van der Waals surface area contributed by atoms with Crippen molar-refractivity contribution < 1.29 is 14.4 Å². The summed E-state index contributed by atoms with van der Waals surface area (Å²) in [5, 5.41) is 2.32. The fourth-order valence-electron chi connectivity index (χ4n) is 2.93. The molecule has 23 heavy (non-hydrogen) atoms. The van der Waals surface area contributed by atoms with Gasteiger partial charge in [-0.25, -0.2) is 4.79 Å². The summed E-state index contributed by atoms with van der Waals surface area (Å²) in [4.78, 5) is 40.0. The zero-order valence-electron chi connectivity index (χ0n) is 13.1. The summed E-state index contributed by atoms with van der Waals surface area (Å²) in [5.41, 5.74) is 1.85. The monoisotopic (exact) mass is 316 g/mol. The molecule has 1 aromatic carbocycles. The Kier molecular flexibility index (Phi) is 4.18. The molecule has 1 aromatic rings. The fourth-order valence-corrected chi connectivity index (χ4v) is 2.93. The Morgan fingerprint density at radius 3 is 2.13 bits per heavy atom. The number of amides is 4. The molecule has 0 atom stereocenters. The van der Waals surface area contributed by atoms with E-state index in [1.54, 1.807) is 11.8 Å². The van der Waals surface area contributed by atoms with Crippen LogP contribution in [0, 0.1) is 0 Å². The molecule has 0 radical (unpaired) electrons. The highest BCUT2D eigenvalue weighted by atomic mass is 16.2. The topological polar surface area (TPSA) is 73.0 Å². The van der Waals surface area contributed by atoms with E-state index in [4.69, 9.17) is 0 Å². The van der Waals surface area contributed by atoms with E-state index in [9.17, 15) is 14.4 Å². The molecule has 0 bridgehead atoms. The molecule has 0 unspecified atom stereocenters. The van der Waals surface area contributed by atoms with Crippen LogP contribution in [0.5, 0.6) is 0 Å². The van der Waals surface area contributed by atoms with Crippen LogP contribution in [-0.4, -0.2) is 55.5 Å². The third kappa shape index (κ3) is 3.28. The molecule has 2 heterocycles. The van der Waals surface area contributed by atoms with Gasteiger partial charge in [0.15, 0.2) is 0 Å². The Hall–Kier alpha value is -2.57. The number of nitrogens with one attached hydrogen (secondary N) is 1. The summed E-state index contributed by atoms with van der Waals surface area (Å²) in [6.07, 6.45) is 0.320. The second-order valence-corrected chi connectivity index (χ2v) is 5.76. The molecule has 3 rings (SSSR count). The molecule has 7 heteroatoms. The minimum absolute atomic E-state index is 0.116. The SMILES string of the molecule is CC(=O)N1CCN(c2ccc(N3CCC(=O)NC3=O)cc2)CC1. The Labute approximate surface area is 134 Å². The van der Waals surface area contributed by atoms with Crippen molar-refractivity contribution in [3.63, 3.8) is 0 Å². The standard InChI is InChI=1S/C16H20N4O3/c1-12(21)18-8-10-19(11-9-18)13-2-4-14(5-3-13)20-7-6-15(22)17-16(20)23/h2-5H,6-11H2,1H3,(H,17,22,23). The second-order valence-electron chi connectivity index (χ2n) is 5.76.